The zero-order valence-corrected chi connectivity index (χ0v) is 26.9. The van der Waals surface area contributed by atoms with E-state index in [-0.39, 0.29) is 45.0 Å². The number of fused-ring (bicyclic) bond motifs is 7. The van der Waals surface area contributed by atoms with Crippen LogP contribution in [0.4, 0.5) is 0 Å². The number of aliphatic carboxylic acids is 1. The lowest BCUT2D eigenvalue weighted by atomic mass is 9.33. The summed E-state index contributed by atoms with van der Waals surface area (Å²) < 4.78 is 6.78. The van der Waals surface area contributed by atoms with Crippen LogP contribution in [0, 0.1) is 50.2 Å². The molecule has 214 valence electrons. The van der Waals surface area contributed by atoms with Crippen LogP contribution in [0.25, 0.3) is 0 Å². The van der Waals surface area contributed by atoms with Gasteiger partial charge < -0.3 is 9.53 Å². The highest BCUT2D eigenvalue weighted by atomic mass is 28.4. The summed E-state index contributed by atoms with van der Waals surface area (Å²) in [4.78, 5) is 26.8. The summed E-state index contributed by atoms with van der Waals surface area (Å²) in [6.45, 7) is 23.4. The van der Waals surface area contributed by atoms with Gasteiger partial charge in [-0.15, -0.1) is 0 Å². The molecule has 4 saturated carbocycles. The summed E-state index contributed by atoms with van der Waals surface area (Å²) in [7, 11) is -1.67. The predicted molar refractivity (Wildman–Crippen MR) is 155 cm³/mol. The van der Waals surface area contributed by atoms with Crippen molar-refractivity contribution in [3.05, 3.63) is 11.6 Å². The number of rotatable bonds is 3. The SMILES string of the molecule is CC1(C)[C@@H](O[Si](C)(C)C)CC[C@]2(C)[C@H]3C(=O)C=C4[C@@H]5C[C@@](C)(C(=O)O)CC[C@]5(C)CC[C@@]4(C)[C@]3(C)CC[C@@H]12. The van der Waals surface area contributed by atoms with Crippen molar-refractivity contribution in [2.45, 2.75) is 132 Å². The first-order valence-corrected chi connectivity index (χ1v) is 18.8. The Hall–Kier alpha value is -0.943. The smallest absolute Gasteiger partial charge is 0.309 e. The van der Waals surface area contributed by atoms with Crippen LogP contribution < -0.4 is 0 Å². The molecule has 4 nitrogen and oxygen atoms in total. The van der Waals surface area contributed by atoms with Crippen LogP contribution in [0.5, 0.6) is 0 Å². The van der Waals surface area contributed by atoms with Crippen molar-refractivity contribution < 1.29 is 19.1 Å². The lowest BCUT2D eigenvalue weighted by Crippen LogP contribution is -2.67. The third-order valence-electron chi connectivity index (χ3n) is 13.5. The maximum Gasteiger partial charge on any atom is 0.309 e. The van der Waals surface area contributed by atoms with Crippen molar-refractivity contribution >= 4 is 20.1 Å². The minimum atomic E-state index is -1.67. The Morgan fingerprint density at radius 3 is 2.16 bits per heavy atom. The molecule has 5 aliphatic carbocycles. The first-order chi connectivity index (χ1) is 17.2. The van der Waals surface area contributed by atoms with Crippen LogP contribution in [0.1, 0.15) is 106 Å². The van der Waals surface area contributed by atoms with Gasteiger partial charge in [-0.05, 0) is 129 Å². The standard InChI is InChI=1S/C33H54O4Si/c1-28(2)24-11-14-33(7)26(31(24,5)13-12-25(28)37-38(8,9)10)23(34)19-21-22-20-30(4,27(35)36)16-15-29(22,3)17-18-32(21,33)6/h19,22,24-26H,11-18,20H2,1-10H3,(H,35,36)/t22-,24-,25-,26+,29+,30-,31-,32+,33+/m0/s1. The van der Waals surface area contributed by atoms with E-state index in [1.807, 2.05) is 6.92 Å². The van der Waals surface area contributed by atoms with Gasteiger partial charge in [-0.3, -0.25) is 9.59 Å². The average Bonchev–Trinajstić information content (AvgIpc) is 2.77. The van der Waals surface area contributed by atoms with Gasteiger partial charge in [0.2, 0.25) is 0 Å². The van der Waals surface area contributed by atoms with Crippen LogP contribution in [0.15, 0.2) is 11.6 Å². The molecule has 0 bridgehead atoms. The largest absolute Gasteiger partial charge is 0.481 e. The molecule has 0 aromatic heterocycles. The van der Waals surface area contributed by atoms with Gasteiger partial charge in [-0.1, -0.05) is 47.1 Å². The van der Waals surface area contributed by atoms with E-state index in [2.05, 4.69) is 67.3 Å². The summed E-state index contributed by atoms with van der Waals surface area (Å²) in [6, 6.07) is 0. The van der Waals surface area contributed by atoms with Crippen LogP contribution in [0.3, 0.4) is 0 Å². The van der Waals surface area contributed by atoms with Crippen molar-refractivity contribution in [1.82, 2.24) is 0 Å². The molecule has 5 aliphatic rings. The molecule has 0 aliphatic heterocycles. The van der Waals surface area contributed by atoms with Crippen LogP contribution in [0.2, 0.25) is 19.6 Å². The van der Waals surface area contributed by atoms with Crippen molar-refractivity contribution in [2.75, 3.05) is 0 Å². The molecule has 0 saturated heterocycles. The van der Waals surface area contributed by atoms with Gasteiger partial charge in [0, 0.05) is 5.92 Å². The third kappa shape index (κ3) is 3.76. The maximum absolute atomic E-state index is 14.5. The fourth-order valence-corrected chi connectivity index (χ4v) is 12.3. The number of ketones is 1. The Bertz CT molecular complexity index is 1070. The molecule has 9 atom stereocenters. The lowest BCUT2D eigenvalue weighted by molar-refractivity contribution is -0.200. The lowest BCUT2D eigenvalue weighted by Gasteiger charge is -2.70. The van der Waals surface area contributed by atoms with Gasteiger partial charge >= 0.3 is 5.97 Å². The molecule has 0 aromatic rings. The van der Waals surface area contributed by atoms with Crippen molar-refractivity contribution in [3.63, 3.8) is 0 Å². The first kappa shape index (κ1) is 28.6. The van der Waals surface area contributed by atoms with Crippen molar-refractivity contribution in [1.29, 1.82) is 0 Å². The number of carbonyl (C=O) groups is 2. The topological polar surface area (TPSA) is 63.6 Å². The molecule has 0 radical (unpaired) electrons. The van der Waals surface area contributed by atoms with E-state index >= 15 is 0 Å². The van der Waals surface area contributed by atoms with Crippen molar-refractivity contribution in [3.8, 4) is 0 Å². The molecule has 1 N–H and O–H groups in total. The van der Waals surface area contributed by atoms with Crippen LogP contribution in [-0.2, 0) is 14.0 Å². The number of hydrogen-bond donors (Lipinski definition) is 1. The number of hydrogen-bond acceptors (Lipinski definition) is 3. The molecule has 0 heterocycles. The van der Waals surface area contributed by atoms with E-state index < -0.39 is 19.7 Å². The Balaban J connectivity index is 1.56. The van der Waals surface area contributed by atoms with Gasteiger partial charge in [-0.2, -0.15) is 0 Å². The van der Waals surface area contributed by atoms with Crippen LogP contribution in [-0.4, -0.2) is 31.3 Å². The van der Waals surface area contributed by atoms with Gasteiger partial charge in [-0.25, -0.2) is 0 Å². The summed E-state index contributed by atoms with van der Waals surface area (Å²) in [6.07, 6.45) is 11.2. The quantitative estimate of drug-likeness (QED) is 0.365. The molecule has 0 amide bonds. The summed E-state index contributed by atoms with van der Waals surface area (Å²) in [5.74, 6) is 0.323. The summed E-state index contributed by atoms with van der Waals surface area (Å²) in [5.41, 5.74) is 0.542. The van der Waals surface area contributed by atoms with E-state index in [4.69, 9.17) is 4.43 Å². The predicted octanol–water partition coefficient (Wildman–Crippen LogP) is 8.27. The monoisotopic (exact) mass is 542 g/mol. The number of carbonyl (C=O) groups excluding carboxylic acids is 1. The zero-order chi connectivity index (χ0) is 28.3. The Kier molecular flexibility index (Phi) is 6.24. The van der Waals surface area contributed by atoms with Gasteiger partial charge in [0.1, 0.15) is 0 Å². The zero-order valence-electron chi connectivity index (χ0n) is 25.9. The number of carboxylic acid groups (broad SMARTS) is 1. The molecule has 38 heavy (non-hydrogen) atoms. The number of carboxylic acids is 1. The highest BCUT2D eigenvalue weighted by Crippen LogP contribution is 2.75. The second-order valence-electron chi connectivity index (χ2n) is 17.1. The van der Waals surface area contributed by atoms with E-state index in [0.717, 1.165) is 51.4 Å². The van der Waals surface area contributed by atoms with Crippen molar-refractivity contribution in [2.24, 2.45) is 50.2 Å². The summed E-state index contributed by atoms with van der Waals surface area (Å²) in [5, 5.41) is 10.1. The second-order valence-corrected chi connectivity index (χ2v) is 21.6. The first-order valence-electron chi connectivity index (χ1n) is 15.4. The Labute approximate surface area is 232 Å². The molecule has 5 heteroatoms. The minimum absolute atomic E-state index is 0.0217. The van der Waals surface area contributed by atoms with E-state index in [0.29, 0.717) is 18.1 Å². The number of allylic oxidation sites excluding steroid dienone is 2. The summed E-state index contributed by atoms with van der Waals surface area (Å²) >= 11 is 0. The molecule has 0 spiro atoms. The molecule has 0 unspecified atom stereocenters. The van der Waals surface area contributed by atoms with Crippen LogP contribution >= 0.6 is 0 Å². The fraction of sp³-hybridized carbons (Fsp3) is 0.879. The van der Waals surface area contributed by atoms with E-state index in [1.54, 1.807) is 0 Å². The van der Waals surface area contributed by atoms with E-state index in [1.165, 1.54) is 5.57 Å². The highest BCUT2D eigenvalue weighted by molar-refractivity contribution is 6.69. The normalized spacial score (nSPS) is 50.2. The Morgan fingerprint density at radius 2 is 1.55 bits per heavy atom. The fourth-order valence-electron chi connectivity index (χ4n) is 11.0. The molecule has 4 fully saturated rings. The maximum atomic E-state index is 14.5. The highest BCUT2D eigenvalue weighted by Gasteiger charge is 2.70. The van der Waals surface area contributed by atoms with E-state index in [9.17, 15) is 14.7 Å². The second kappa shape index (κ2) is 8.30. The Morgan fingerprint density at radius 1 is 0.921 bits per heavy atom. The molecular weight excluding hydrogens is 488 g/mol. The average molecular weight is 543 g/mol. The molecule has 0 aromatic carbocycles. The van der Waals surface area contributed by atoms with Gasteiger partial charge in [0.05, 0.1) is 11.5 Å². The molecule has 5 rings (SSSR count). The van der Waals surface area contributed by atoms with Gasteiger partial charge in [0.15, 0.2) is 14.1 Å². The minimum Gasteiger partial charge on any atom is -0.481 e. The molecular formula is C33H54O4Si. The third-order valence-corrected chi connectivity index (χ3v) is 14.5. The van der Waals surface area contributed by atoms with Gasteiger partial charge in [0.25, 0.3) is 0 Å².